The Labute approximate surface area is 149 Å². The summed E-state index contributed by atoms with van der Waals surface area (Å²) in [5, 5.41) is 0.817. The van der Waals surface area contributed by atoms with Crippen molar-refractivity contribution in [1.82, 2.24) is 9.13 Å². The van der Waals surface area contributed by atoms with Gasteiger partial charge in [0.05, 0.1) is 10.8 Å². The van der Waals surface area contributed by atoms with Crippen molar-refractivity contribution in [2.75, 3.05) is 5.75 Å². The van der Waals surface area contributed by atoms with Crippen LogP contribution in [-0.2, 0) is 20.5 Å². The molecule has 2 aromatic rings. The van der Waals surface area contributed by atoms with Crippen LogP contribution in [0.15, 0.2) is 34.1 Å². The number of carbonyl (C=O) groups is 1. The lowest BCUT2D eigenvalue weighted by Gasteiger charge is -2.07. The molecule has 0 amide bonds. The van der Waals surface area contributed by atoms with Gasteiger partial charge in [-0.15, -0.1) is 11.8 Å². The molecule has 0 spiro atoms. The summed E-state index contributed by atoms with van der Waals surface area (Å²) in [5.41, 5.74) is 2.51. The van der Waals surface area contributed by atoms with Crippen molar-refractivity contribution in [3.05, 3.63) is 56.1 Å². The van der Waals surface area contributed by atoms with Gasteiger partial charge >= 0.3 is 5.69 Å². The summed E-state index contributed by atoms with van der Waals surface area (Å²) in [4.78, 5) is 28.8. The number of aryl methyl sites for hydroxylation is 1. The number of hydrogen-bond donors (Lipinski definition) is 0. The SMILES string of the molecule is Cc1ccc(C(=O)CSC2=Nc3c(c(=S)n(C)c(=O)n3C)C2)cc1. The van der Waals surface area contributed by atoms with Crippen molar-refractivity contribution in [2.45, 2.75) is 13.3 Å². The Bertz CT molecular complexity index is 969. The van der Waals surface area contributed by atoms with Gasteiger partial charge < -0.3 is 0 Å². The largest absolute Gasteiger partial charge is 0.330 e. The van der Waals surface area contributed by atoms with Crippen LogP contribution in [0.4, 0.5) is 5.82 Å². The molecule has 2 heterocycles. The van der Waals surface area contributed by atoms with Crippen LogP contribution < -0.4 is 5.69 Å². The molecule has 5 nitrogen and oxygen atoms in total. The molecule has 124 valence electrons. The fourth-order valence-corrected chi connectivity index (χ4v) is 3.67. The molecule has 1 aromatic heterocycles. The topological polar surface area (TPSA) is 56.4 Å². The molecule has 0 saturated carbocycles. The average Bonchev–Trinajstić information content (AvgIpc) is 3.01. The Hall–Kier alpha value is -1.99. The van der Waals surface area contributed by atoms with Crippen molar-refractivity contribution in [2.24, 2.45) is 19.1 Å². The van der Waals surface area contributed by atoms with E-state index < -0.39 is 0 Å². The minimum absolute atomic E-state index is 0.0664. The summed E-state index contributed by atoms with van der Waals surface area (Å²) in [6.45, 7) is 1.99. The fraction of sp³-hybridized carbons (Fsp3) is 0.294. The predicted molar refractivity (Wildman–Crippen MR) is 100 cm³/mol. The van der Waals surface area contributed by atoms with E-state index >= 15 is 0 Å². The van der Waals surface area contributed by atoms with Gasteiger partial charge in [0.25, 0.3) is 0 Å². The van der Waals surface area contributed by atoms with Gasteiger partial charge in [-0.05, 0) is 6.92 Å². The molecule has 0 fully saturated rings. The van der Waals surface area contributed by atoms with Crippen molar-refractivity contribution >= 4 is 40.6 Å². The number of Topliss-reactive ketones (excluding diaryl/α,β-unsaturated/α-hetero) is 1. The van der Waals surface area contributed by atoms with Crippen LogP contribution >= 0.6 is 24.0 Å². The first-order valence-electron chi connectivity index (χ1n) is 7.47. The van der Waals surface area contributed by atoms with Crippen LogP contribution in [0.5, 0.6) is 0 Å². The molecule has 0 bridgehead atoms. The summed E-state index contributed by atoms with van der Waals surface area (Å²) < 4.78 is 3.47. The molecule has 24 heavy (non-hydrogen) atoms. The van der Waals surface area contributed by atoms with Crippen molar-refractivity contribution in [3.8, 4) is 0 Å². The molecule has 0 aliphatic carbocycles. The Morgan fingerprint density at radius 3 is 2.58 bits per heavy atom. The lowest BCUT2D eigenvalue weighted by Crippen LogP contribution is -2.28. The molecular weight excluding hydrogens is 342 g/mol. The van der Waals surface area contributed by atoms with Gasteiger partial charge in [-0.25, -0.2) is 9.79 Å². The van der Waals surface area contributed by atoms with E-state index in [2.05, 4.69) is 4.99 Å². The lowest BCUT2D eigenvalue weighted by molar-refractivity contribution is 0.102. The summed E-state index contributed by atoms with van der Waals surface area (Å²) in [6.07, 6.45) is 0.571. The highest BCUT2D eigenvalue weighted by atomic mass is 32.2. The first-order chi connectivity index (χ1) is 11.4. The van der Waals surface area contributed by atoms with Crippen LogP contribution in [0.1, 0.15) is 21.5 Å². The number of aliphatic imine (C=N–C) groups is 1. The van der Waals surface area contributed by atoms with E-state index in [0.29, 0.717) is 28.2 Å². The van der Waals surface area contributed by atoms with Crippen LogP contribution in [0.2, 0.25) is 0 Å². The van der Waals surface area contributed by atoms with E-state index in [9.17, 15) is 9.59 Å². The van der Waals surface area contributed by atoms with Crippen LogP contribution in [0, 0.1) is 11.6 Å². The zero-order valence-corrected chi connectivity index (χ0v) is 15.3. The van der Waals surface area contributed by atoms with Crippen LogP contribution in [0.25, 0.3) is 0 Å². The minimum Gasteiger partial charge on any atom is -0.293 e. The third-order valence-corrected chi connectivity index (χ3v) is 5.52. The lowest BCUT2D eigenvalue weighted by atomic mass is 10.1. The van der Waals surface area contributed by atoms with Crippen molar-refractivity contribution in [3.63, 3.8) is 0 Å². The van der Waals surface area contributed by atoms with E-state index in [4.69, 9.17) is 12.2 Å². The minimum atomic E-state index is -0.190. The number of rotatable bonds is 3. The van der Waals surface area contributed by atoms with E-state index in [1.54, 1.807) is 14.1 Å². The first-order valence-corrected chi connectivity index (χ1v) is 8.87. The fourth-order valence-electron chi connectivity index (χ4n) is 2.56. The van der Waals surface area contributed by atoms with Gasteiger partial charge in [0.15, 0.2) is 5.78 Å². The second-order valence-corrected chi connectivity index (χ2v) is 7.20. The van der Waals surface area contributed by atoms with Crippen LogP contribution in [0.3, 0.4) is 0 Å². The number of thioether (sulfide) groups is 1. The zero-order chi connectivity index (χ0) is 17.4. The Kier molecular flexibility index (Phi) is 4.56. The van der Waals surface area contributed by atoms with Gasteiger partial charge in [0.2, 0.25) is 0 Å². The highest BCUT2D eigenvalue weighted by molar-refractivity contribution is 8.14. The zero-order valence-electron chi connectivity index (χ0n) is 13.7. The predicted octanol–water partition coefficient (Wildman–Crippen LogP) is 2.96. The Morgan fingerprint density at radius 2 is 1.92 bits per heavy atom. The van der Waals surface area contributed by atoms with Gasteiger partial charge in [-0.3, -0.25) is 13.9 Å². The third-order valence-electron chi connectivity index (χ3n) is 4.03. The molecule has 0 radical (unpaired) electrons. The standard InChI is InChI=1S/C17H17N3O2S2/c1-10-4-6-11(7-5-10)13(21)9-24-14-8-12-15(18-14)19(2)17(22)20(3)16(12)23/h4-7H,8-9H2,1-3H3. The number of ketones is 1. The Balaban J connectivity index is 1.76. The highest BCUT2D eigenvalue weighted by Gasteiger charge is 2.22. The molecule has 0 saturated heterocycles. The average molecular weight is 359 g/mol. The molecule has 0 atom stereocenters. The van der Waals surface area contributed by atoms with E-state index in [1.165, 1.54) is 20.9 Å². The van der Waals surface area contributed by atoms with Gasteiger partial charge in [0.1, 0.15) is 10.5 Å². The maximum absolute atomic E-state index is 12.3. The van der Waals surface area contributed by atoms with Gasteiger partial charge in [0, 0.05) is 31.6 Å². The molecular formula is C17H17N3O2S2. The maximum atomic E-state index is 12.3. The number of fused-ring (bicyclic) bond motifs is 1. The van der Waals surface area contributed by atoms with Gasteiger partial charge in [-0.2, -0.15) is 0 Å². The molecule has 1 aliphatic rings. The number of benzene rings is 1. The normalized spacial score (nSPS) is 12.9. The molecule has 7 heteroatoms. The Morgan fingerprint density at radius 1 is 1.25 bits per heavy atom. The van der Waals surface area contributed by atoms with Crippen molar-refractivity contribution < 1.29 is 4.79 Å². The molecule has 1 aromatic carbocycles. The number of nitrogens with zero attached hydrogens (tertiary/aromatic N) is 3. The third kappa shape index (κ3) is 3.01. The quantitative estimate of drug-likeness (QED) is 0.624. The van der Waals surface area contributed by atoms with E-state index in [-0.39, 0.29) is 11.5 Å². The monoisotopic (exact) mass is 359 g/mol. The first kappa shape index (κ1) is 16.9. The summed E-state index contributed by atoms with van der Waals surface area (Å²) in [6, 6.07) is 7.54. The second kappa shape index (κ2) is 6.49. The van der Waals surface area contributed by atoms with E-state index in [0.717, 1.165) is 16.2 Å². The number of hydrogen-bond acceptors (Lipinski definition) is 5. The summed E-state index contributed by atoms with van der Waals surface area (Å²) in [7, 11) is 3.35. The summed E-state index contributed by atoms with van der Waals surface area (Å²) >= 11 is 6.75. The van der Waals surface area contributed by atoms with E-state index in [1.807, 2.05) is 31.2 Å². The van der Waals surface area contributed by atoms with Gasteiger partial charge in [-0.1, -0.05) is 42.0 Å². The smallest absolute Gasteiger partial charge is 0.293 e. The molecule has 0 N–H and O–H groups in total. The maximum Gasteiger partial charge on any atom is 0.330 e. The molecule has 3 rings (SSSR count). The number of aromatic nitrogens is 2. The summed E-state index contributed by atoms with van der Waals surface area (Å²) in [5.74, 6) is 0.994. The molecule has 0 unspecified atom stereocenters. The second-order valence-electron chi connectivity index (χ2n) is 5.77. The highest BCUT2D eigenvalue weighted by Crippen LogP contribution is 2.29. The van der Waals surface area contributed by atoms with Crippen LogP contribution in [-0.4, -0.2) is 25.7 Å². The number of carbonyl (C=O) groups excluding carboxylic acids is 1. The van der Waals surface area contributed by atoms with Crippen molar-refractivity contribution in [1.29, 1.82) is 0 Å². The molecule has 1 aliphatic heterocycles.